The molecule has 2 nitrogen and oxygen atoms in total. The Labute approximate surface area is 75.5 Å². The third-order valence-electron chi connectivity index (χ3n) is 1.75. The van der Waals surface area contributed by atoms with Crippen molar-refractivity contribution in [3.8, 4) is 0 Å². The average molecular weight is 180 g/mol. The van der Waals surface area contributed by atoms with Gasteiger partial charge in [-0.05, 0) is 18.2 Å². The fraction of sp³-hybridized carbons (Fsp3) is 0.111. The molecular formula is C9H6ClNO. The van der Waals surface area contributed by atoms with Crippen molar-refractivity contribution < 1.29 is 4.79 Å². The van der Waals surface area contributed by atoms with Crippen LogP contribution in [0, 0.1) is 6.54 Å². The Morgan fingerprint density at radius 1 is 1.50 bits per heavy atom. The summed E-state index contributed by atoms with van der Waals surface area (Å²) in [6.07, 6.45) is 0.328. The molecule has 1 aliphatic heterocycles. The van der Waals surface area contributed by atoms with E-state index in [0.717, 1.165) is 5.69 Å². The quantitative estimate of drug-likeness (QED) is 0.663. The minimum absolute atomic E-state index is 0.0837. The summed E-state index contributed by atoms with van der Waals surface area (Å²) in [4.78, 5) is 11.3. The lowest BCUT2D eigenvalue weighted by atomic mass is 10.0. The molecule has 12 heavy (non-hydrogen) atoms. The van der Waals surface area contributed by atoms with Crippen molar-refractivity contribution in [2.24, 2.45) is 0 Å². The predicted octanol–water partition coefficient (Wildman–Crippen LogP) is 2.38. The highest BCUT2D eigenvalue weighted by Gasteiger charge is 2.16. The van der Waals surface area contributed by atoms with E-state index < -0.39 is 0 Å². The lowest BCUT2D eigenvalue weighted by molar-refractivity contribution is 0.0990. The molecule has 0 saturated heterocycles. The maximum Gasteiger partial charge on any atom is 0.167 e. The predicted molar refractivity (Wildman–Crippen MR) is 47.3 cm³/mol. The van der Waals surface area contributed by atoms with E-state index >= 15 is 0 Å². The maximum absolute atomic E-state index is 11.3. The Morgan fingerprint density at radius 2 is 2.33 bits per heavy atom. The zero-order chi connectivity index (χ0) is 8.55. The number of carbonyl (C=O) groups is 1. The topological polar surface area (TPSA) is 29.1 Å². The first-order valence-corrected chi connectivity index (χ1v) is 3.97. The van der Waals surface area contributed by atoms with Gasteiger partial charge in [-0.15, -0.1) is 0 Å². The van der Waals surface area contributed by atoms with Crippen molar-refractivity contribution in [1.29, 1.82) is 0 Å². The smallest absolute Gasteiger partial charge is 0.167 e. The number of anilines is 1. The molecule has 2 radical (unpaired) electrons. The molecule has 0 atom stereocenters. The summed E-state index contributed by atoms with van der Waals surface area (Å²) in [6.45, 7) is 2.76. The Balaban J connectivity index is 2.53. The second-order valence-corrected chi connectivity index (χ2v) is 3.03. The van der Waals surface area contributed by atoms with Crippen molar-refractivity contribution in [3.63, 3.8) is 0 Å². The summed E-state index contributed by atoms with van der Waals surface area (Å²) in [6, 6.07) is 5.17. The second-order valence-electron chi connectivity index (χ2n) is 2.59. The van der Waals surface area contributed by atoms with Crippen LogP contribution in [-0.2, 0) is 0 Å². The molecule has 0 bridgehead atoms. The molecule has 0 spiro atoms. The van der Waals surface area contributed by atoms with Gasteiger partial charge in [0.25, 0.3) is 0 Å². The number of Topliss-reactive ketones (excluding diaryl/α,β-unsaturated/α-hetero) is 1. The number of carbonyl (C=O) groups excluding carboxylic acids is 1. The summed E-state index contributed by atoms with van der Waals surface area (Å²) < 4.78 is 0. The minimum Gasteiger partial charge on any atom is -0.374 e. The first-order chi connectivity index (χ1) is 5.77. The molecule has 0 fully saturated rings. The first kappa shape index (κ1) is 7.62. The Kier molecular flexibility index (Phi) is 1.77. The van der Waals surface area contributed by atoms with Crippen molar-refractivity contribution in [2.75, 3.05) is 5.32 Å². The lowest BCUT2D eigenvalue weighted by Crippen LogP contribution is -2.13. The number of halogens is 1. The van der Waals surface area contributed by atoms with E-state index in [1.165, 1.54) is 0 Å². The van der Waals surface area contributed by atoms with Crippen LogP contribution in [0.3, 0.4) is 0 Å². The van der Waals surface area contributed by atoms with E-state index in [0.29, 0.717) is 17.0 Å². The number of hydrogen-bond donors (Lipinski definition) is 1. The largest absolute Gasteiger partial charge is 0.374 e. The number of nitrogens with one attached hydrogen (secondary N) is 1. The molecule has 1 aromatic carbocycles. The maximum atomic E-state index is 11.3. The highest BCUT2D eigenvalue weighted by Crippen LogP contribution is 2.26. The minimum atomic E-state index is 0.0837. The van der Waals surface area contributed by atoms with Crippen molar-refractivity contribution in [1.82, 2.24) is 0 Å². The van der Waals surface area contributed by atoms with Crippen LogP contribution in [0.15, 0.2) is 18.2 Å². The van der Waals surface area contributed by atoms with Crippen molar-refractivity contribution in [2.45, 2.75) is 6.42 Å². The van der Waals surface area contributed by atoms with E-state index in [1.54, 1.807) is 18.2 Å². The fourth-order valence-electron chi connectivity index (χ4n) is 1.18. The molecule has 1 aromatic rings. The van der Waals surface area contributed by atoms with Crippen LogP contribution < -0.4 is 5.32 Å². The van der Waals surface area contributed by atoms with Gasteiger partial charge in [-0.1, -0.05) is 11.6 Å². The summed E-state index contributed by atoms with van der Waals surface area (Å²) in [5, 5.41) is 3.50. The highest BCUT2D eigenvalue weighted by atomic mass is 35.5. The van der Waals surface area contributed by atoms with Crippen LogP contribution in [0.25, 0.3) is 0 Å². The molecule has 3 heteroatoms. The molecule has 0 aromatic heterocycles. The summed E-state index contributed by atoms with van der Waals surface area (Å²) in [7, 11) is 0. The molecule has 1 N–H and O–H groups in total. The van der Waals surface area contributed by atoms with E-state index in [-0.39, 0.29) is 5.78 Å². The van der Waals surface area contributed by atoms with Gasteiger partial charge in [-0.3, -0.25) is 4.79 Å². The summed E-state index contributed by atoms with van der Waals surface area (Å²) >= 11 is 5.75. The van der Waals surface area contributed by atoms with Crippen molar-refractivity contribution >= 4 is 23.1 Å². The van der Waals surface area contributed by atoms with Crippen LogP contribution in [0.1, 0.15) is 16.8 Å². The van der Waals surface area contributed by atoms with Gasteiger partial charge in [0.05, 0.1) is 6.54 Å². The van der Waals surface area contributed by atoms with Gasteiger partial charge in [0.1, 0.15) is 0 Å². The summed E-state index contributed by atoms with van der Waals surface area (Å²) in [5.74, 6) is 0.0837. The Bertz CT molecular complexity index is 335. The first-order valence-electron chi connectivity index (χ1n) is 3.59. The Hall–Kier alpha value is -1.02. The molecule has 1 heterocycles. The van der Waals surface area contributed by atoms with Gasteiger partial charge in [-0.2, -0.15) is 0 Å². The lowest BCUT2D eigenvalue weighted by Gasteiger charge is -2.15. The molecule has 60 valence electrons. The van der Waals surface area contributed by atoms with E-state index in [9.17, 15) is 4.79 Å². The zero-order valence-electron chi connectivity index (χ0n) is 6.23. The zero-order valence-corrected chi connectivity index (χ0v) is 6.98. The van der Waals surface area contributed by atoms with Gasteiger partial charge in [-0.25, -0.2) is 0 Å². The SMILES string of the molecule is O=C1C[C]Nc2cc(Cl)ccc21. The van der Waals surface area contributed by atoms with Gasteiger partial charge in [0.15, 0.2) is 5.78 Å². The number of ketones is 1. The number of fused-ring (bicyclic) bond motifs is 1. The van der Waals surface area contributed by atoms with Gasteiger partial charge >= 0.3 is 0 Å². The number of hydrogen-bond acceptors (Lipinski definition) is 2. The van der Waals surface area contributed by atoms with Crippen LogP contribution in [0.4, 0.5) is 5.69 Å². The van der Waals surface area contributed by atoms with E-state index in [2.05, 4.69) is 11.9 Å². The van der Waals surface area contributed by atoms with E-state index in [1.807, 2.05) is 0 Å². The van der Waals surface area contributed by atoms with Gasteiger partial charge in [0, 0.05) is 22.7 Å². The Morgan fingerprint density at radius 3 is 3.17 bits per heavy atom. The molecule has 2 rings (SSSR count). The summed E-state index contributed by atoms with van der Waals surface area (Å²) in [5.41, 5.74) is 1.44. The van der Waals surface area contributed by atoms with Crippen LogP contribution >= 0.6 is 11.6 Å². The van der Waals surface area contributed by atoms with E-state index in [4.69, 9.17) is 11.6 Å². The number of benzene rings is 1. The molecule has 0 unspecified atom stereocenters. The fourth-order valence-corrected chi connectivity index (χ4v) is 1.35. The number of rotatable bonds is 0. The highest BCUT2D eigenvalue weighted by molar-refractivity contribution is 6.31. The molecule has 0 amide bonds. The molecular weight excluding hydrogens is 174 g/mol. The average Bonchev–Trinajstić information content (AvgIpc) is 2.04. The van der Waals surface area contributed by atoms with Crippen LogP contribution in [0.2, 0.25) is 5.02 Å². The standard InChI is InChI=1S/C9H6ClNO/c10-6-1-2-7-8(5-6)11-4-3-9(7)12/h1-2,5,11H,3H2. The van der Waals surface area contributed by atoms with Gasteiger partial charge in [0.2, 0.25) is 0 Å². The molecule has 0 aliphatic carbocycles. The molecule has 0 saturated carbocycles. The molecule has 1 aliphatic rings. The van der Waals surface area contributed by atoms with Crippen LogP contribution in [0.5, 0.6) is 0 Å². The second kappa shape index (κ2) is 2.79. The monoisotopic (exact) mass is 179 g/mol. The van der Waals surface area contributed by atoms with Crippen molar-refractivity contribution in [3.05, 3.63) is 35.3 Å². The van der Waals surface area contributed by atoms with Crippen LogP contribution in [-0.4, -0.2) is 5.78 Å². The normalized spacial score (nSPS) is 15.2. The van der Waals surface area contributed by atoms with Gasteiger partial charge < -0.3 is 5.32 Å². The third-order valence-corrected chi connectivity index (χ3v) is 1.99. The third kappa shape index (κ3) is 1.18.